The van der Waals surface area contributed by atoms with Crippen molar-refractivity contribution in [3.8, 4) is 0 Å². The largest absolute Gasteiger partial charge is 0.341 e. The van der Waals surface area contributed by atoms with Gasteiger partial charge in [-0.2, -0.15) is 0 Å². The second-order valence-electron chi connectivity index (χ2n) is 3.14. The molecule has 3 N–H and O–H groups in total. The van der Waals surface area contributed by atoms with Crippen LogP contribution in [0.3, 0.4) is 0 Å². The number of H-pyrrole nitrogens is 2. The van der Waals surface area contributed by atoms with E-state index in [4.69, 9.17) is 23.2 Å². The fourth-order valence-electron chi connectivity index (χ4n) is 1.19. The van der Waals surface area contributed by atoms with E-state index in [9.17, 15) is 9.59 Å². The first kappa shape index (κ1) is 11.7. The van der Waals surface area contributed by atoms with Crippen molar-refractivity contribution in [3.63, 3.8) is 0 Å². The molecule has 2 rings (SSSR count). The number of benzene rings is 1. The third kappa shape index (κ3) is 2.86. The van der Waals surface area contributed by atoms with Crippen molar-refractivity contribution in [1.29, 1.82) is 0 Å². The van der Waals surface area contributed by atoms with E-state index < -0.39 is 11.6 Å². The maximum atomic E-state index is 11.6. The standard InChI is InChI=1S/C9H6Cl2N4O2/c10-4-1-5(11)3-6(2-4)12-8(16)7-13-9(17)15-14-7/h1-3H,(H,12,16)(H2,13,14,15,17). The average Bonchev–Trinajstić information content (AvgIpc) is 2.63. The van der Waals surface area contributed by atoms with Gasteiger partial charge in [0.25, 0.3) is 5.91 Å². The lowest BCUT2D eigenvalue weighted by molar-refractivity contribution is 0.101. The van der Waals surface area contributed by atoms with Gasteiger partial charge in [0.2, 0.25) is 5.82 Å². The minimum atomic E-state index is -0.568. The number of nitrogens with zero attached hydrogens (tertiary/aromatic N) is 1. The molecule has 0 unspecified atom stereocenters. The number of aromatic nitrogens is 3. The van der Waals surface area contributed by atoms with Crippen molar-refractivity contribution in [2.75, 3.05) is 5.32 Å². The summed E-state index contributed by atoms with van der Waals surface area (Å²) in [5.41, 5.74) is -0.143. The van der Waals surface area contributed by atoms with Crippen LogP contribution in [0.4, 0.5) is 5.69 Å². The maximum absolute atomic E-state index is 11.6. The van der Waals surface area contributed by atoms with Gasteiger partial charge in [-0.05, 0) is 18.2 Å². The van der Waals surface area contributed by atoms with Crippen LogP contribution in [0, 0.1) is 0 Å². The molecule has 0 aliphatic carbocycles. The molecule has 1 aromatic heterocycles. The van der Waals surface area contributed by atoms with Crippen LogP contribution in [0.1, 0.15) is 10.6 Å². The SMILES string of the molecule is O=C(Nc1cc(Cl)cc(Cl)c1)c1n[nH]c(=O)[nH]1. The molecule has 6 nitrogen and oxygen atoms in total. The Hall–Kier alpha value is -1.79. The zero-order valence-electron chi connectivity index (χ0n) is 8.25. The first-order valence-electron chi connectivity index (χ1n) is 4.47. The van der Waals surface area contributed by atoms with Crippen molar-refractivity contribution < 1.29 is 4.79 Å². The van der Waals surface area contributed by atoms with Gasteiger partial charge in [0.1, 0.15) is 0 Å². The summed E-state index contributed by atoms with van der Waals surface area (Å²) in [5, 5.41) is 8.85. The summed E-state index contributed by atoms with van der Waals surface area (Å²) in [6, 6.07) is 4.58. The third-order valence-electron chi connectivity index (χ3n) is 1.84. The molecule has 1 heterocycles. The van der Waals surface area contributed by atoms with Gasteiger partial charge in [0.05, 0.1) is 0 Å². The van der Waals surface area contributed by atoms with Crippen LogP contribution in [-0.2, 0) is 0 Å². The Bertz CT molecular complexity index is 599. The van der Waals surface area contributed by atoms with E-state index in [1.165, 1.54) is 18.2 Å². The van der Waals surface area contributed by atoms with Gasteiger partial charge in [0, 0.05) is 15.7 Å². The lowest BCUT2D eigenvalue weighted by Gasteiger charge is -2.03. The van der Waals surface area contributed by atoms with Crippen molar-refractivity contribution in [2.24, 2.45) is 0 Å². The van der Waals surface area contributed by atoms with Crippen molar-refractivity contribution in [3.05, 3.63) is 44.6 Å². The molecular formula is C9H6Cl2N4O2. The summed E-state index contributed by atoms with van der Waals surface area (Å²) >= 11 is 11.5. The molecule has 0 bridgehead atoms. The number of carbonyl (C=O) groups is 1. The molecule has 2 aromatic rings. The molecule has 0 aliphatic rings. The quantitative estimate of drug-likeness (QED) is 0.777. The number of nitrogens with one attached hydrogen (secondary N) is 3. The fraction of sp³-hybridized carbons (Fsp3) is 0. The van der Waals surface area contributed by atoms with E-state index in [0.29, 0.717) is 15.7 Å². The smallest absolute Gasteiger partial charge is 0.319 e. The van der Waals surface area contributed by atoms with Crippen LogP contribution >= 0.6 is 23.2 Å². The third-order valence-corrected chi connectivity index (χ3v) is 2.27. The van der Waals surface area contributed by atoms with E-state index >= 15 is 0 Å². The highest BCUT2D eigenvalue weighted by Crippen LogP contribution is 2.22. The minimum absolute atomic E-state index is 0.119. The van der Waals surface area contributed by atoms with E-state index in [1.54, 1.807) is 0 Å². The second-order valence-corrected chi connectivity index (χ2v) is 4.01. The van der Waals surface area contributed by atoms with Gasteiger partial charge >= 0.3 is 5.69 Å². The summed E-state index contributed by atoms with van der Waals surface area (Å²) in [6.45, 7) is 0. The summed E-state index contributed by atoms with van der Waals surface area (Å²) in [7, 11) is 0. The molecule has 0 spiro atoms. The predicted molar refractivity (Wildman–Crippen MR) is 63.6 cm³/mol. The van der Waals surface area contributed by atoms with Crippen molar-refractivity contribution in [2.45, 2.75) is 0 Å². The van der Waals surface area contributed by atoms with Gasteiger partial charge in [-0.15, -0.1) is 5.10 Å². The van der Waals surface area contributed by atoms with Gasteiger partial charge in [-0.25, -0.2) is 9.89 Å². The Kier molecular flexibility index (Phi) is 3.16. The molecule has 17 heavy (non-hydrogen) atoms. The summed E-state index contributed by atoms with van der Waals surface area (Å²) < 4.78 is 0. The molecule has 1 amide bonds. The zero-order chi connectivity index (χ0) is 12.4. The second kappa shape index (κ2) is 4.60. The predicted octanol–water partition coefficient (Wildman–Crippen LogP) is 1.66. The van der Waals surface area contributed by atoms with Gasteiger partial charge in [-0.3, -0.25) is 9.78 Å². The topological polar surface area (TPSA) is 90.6 Å². The lowest BCUT2D eigenvalue weighted by Crippen LogP contribution is -2.14. The molecule has 0 saturated heterocycles. The number of aromatic amines is 2. The fourth-order valence-corrected chi connectivity index (χ4v) is 1.72. The average molecular weight is 273 g/mol. The highest BCUT2D eigenvalue weighted by Gasteiger charge is 2.10. The Morgan fingerprint density at radius 2 is 1.88 bits per heavy atom. The first-order valence-corrected chi connectivity index (χ1v) is 5.22. The summed E-state index contributed by atoms with van der Waals surface area (Å²) in [4.78, 5) is 24.6. The number of hydrogen-bond acceptors (Lipinski definition) is 3. The van der Waals surface area contributed by atoms with Crippen LogP contribution in [0.15, 0.2) is 23.0 Å². The Labute approximate surface area is 105 Å². The molecule has 1 aromatic carbocycles. The minimum Gasteiger partial charge on any atom is -0.319 e. The van der Waals surface area contributed by atoms with E-state index in [0.717, 1.165) is 0 Å². The van der Waals surface area contributed by atoms with Crippen LogP contribution < -0.4 is 11.0 Å². The number of rotatable bonds is 2. The monoisotopic (exact) mass is 272 g/mol. The zero-order valence-corrected chi connectivity index (χ0v) is 9.76. The van der Waals surface area contributed by atoms with Crippen LogP contribution in [-0.4, -0.2) is 21.1 Å². The number of hydrogen-bond donors (Lipinski definition) is 3. The Morgan fingerprint density at radius 1 is 1.24 bits per heavy atom. The molecule has 0 atom stereocenters. The van der Waals surface area contributed by atoms with Crippen molar-refractivity contribution >= 4 is 34.8 Å². The lowest BCUT2D eigenvalue weighted by atomic mass is 10.3. The molecule has 0 saturated carbocycles. The summed E-state index contributed by atoms with van der Waals surface area (Å²) in [6.07, 6.45) is 0. The normalized spacial score (nSPS) is 10.2. The summed E-state index contributed by atoms with van der Waals surface area (Å²) in [5.74, 6) is -0.687. The number of anilines is 1. The number of amides is 1. The first-order chi connectivity index (χ1) is 8.04. The number of halogens is 2. The molecule has 88 valence electrons. The molecule has 0 aliphatic heterocycles. The van der Waals surface area contributed by atoms with Crippen LogP contribution in [0.25, 0.3) is 0 Å². The van der Waals surface area contributed by atoms with E-state index in [1.807, 2.05) is 0 Å². The van der Waals surface area contributed by atoms with Gasteiger partial charge < -0.3 is 5.32 Å². The molecule has 8 heteroatoms. The molecular weight excluding hydrogens is 267 g/mol. The van der Waals surface area contributed by atoms with E-state index in [2.05, 4.69) is 20.5 Å². The molecule has 0 radical (unpaired) electrons. The van der Waals surface area contributed by atoms with Crippen molar-refractivity contribution in [1.82, 2.24) is 15.2 Å². The van der Waals surface area contributed by atoms with Gasteiger partial charge in [0.15, 0.2) is 0 Å². The van der Waals surface area contributed by atoms with E-state index in [-0.39, 0.29) is 5.82 Å². The van der Waals surface area contributed by atoms with Gasteiger partial charge in [-0.1, -0.05) is 23.2 Å². The maximum Gasteiger partial charge on any atom is 0.341 e. The molecule has 0 fully saturated rings. The van der Waals surface area contributed by atoms with Crippen LogP contribution in [0.2, 0.25) is 10.0 Å². The highest BCUT2D eigenvalue weighted by molar-refractivity contribution is 6.35. The van der Waals surface area contributed by atoms with Crippen LogP contribution in [0.5, 0.6) is 0 Å². The Morgan fingerprint density at radius 3 is 2.41 bits per heavy atom. The highest BCUT2D eigenvalue weighted by atomic mass is 35.5. The number of carbonyl (C=O) groups excluding carboxylic acids is 1. The Balaban J connectivity index is 2.21.